The van der Waals surface area contributed by atoms with Gasteiger partial charge < -0.3 is 9.64 Å². The van der Waals surface area contributed by atoms with E-state index < -0.39 is 4.92 Å². The van der Waals surface area contributed by atoms with E-state index in [0.29, 0.717) is 11.6 Å². The summed E-state index contributed by atoms with van der Waals surface area (Å²) in [4.78, 5) is 21.4. The number of aryl methyl sites for hydroxylation is 1. The van der Waals surface area contributed by atoms with E-state index in [4.69, 9.17) is 4.74 Å². The topological polar surface area (TPSA) is 81.4 Å². The second-order valence-corrected chi connectivity index (χ2v) is 6.06. The molecule has 7 nitrogen and oxygen atoms in total. The van der Waals surface area contributed by atoms with Gasteiger partial charge in [-0.3, -0.25) is 10.1 Å². The van der Waals surface area contributed by atoms with E-state index in [9.17, 15) is 10.1 Å². The third-order valence-corrected chi connectivity index (χ3v) is 4.26. The van der Waals surface area contributed by atoms with Crippen molar-refractivity contribution in [1.82, 2.24) is 9.97 Å². The lowest BCUT2D eigenvalue weighted by Gasteiger charge is -2.33. The average molecular weight is 328 g/mol. The standard InChI is InChI=1S/C17H20N4O3/c1-12-6-8-14(9-7-12)24-17-15(21(22)23)16(18-11-19-17)20-10-4-3-5-13(20)2/h6-9,11,13H,3-5,10H2,1-2H3. The minimum Gasteiger partial charge on any atom is -0.434 e. The molecule has 0 bridgehead atoms. The van der Waals surface area contributed by atoms with Crippen LogP contribution in [-0.2, 0) is 0 Å². The zero-order valence-electron chi connectivity index (χ0n) is 13.8. The Morgan fingerprint density at radius 1 is 1.25 bits per heavy atom. The largest absolute Gasteiger partial charge is 0.434 e. The predicted octanol–water partition coefficient (Wildman–Crippen LogP) is 3.86. The van der Waals surface area contributed by atoms with Gasteiger partial charge in [0, 0.05) is 12.6 Å². The van der Waals surface area contributed by atoms with Gasteiger partial charge in [-0.05, 0) is 45.2 Å². The van der Waals surface area contributed by atoms with Crippen molar-refractivity contribution in [3.05, 3.63) is 46.3 Å². The first-order valence-electron chi connectivity index (χ1n) is 8.07. The highest BCUT2D eigenvalue weighted by Crippen LogP contribution is 2.38. The van der Waals surface area contributed by atoms with Crippen LogP contribution in [0.15, 0.2) is 30.6 Å². The molecule has 0 N–H and O–H groups in total. The van der Waals surface area contributed by atoms with Crippen LogP contribution in [0.3, 0.4) is 0 Å². The van der Waals surface area contributed by atoms with Crippen molar-refractivity contribution in [3.8, 4) is 11.6 Å². The SMILES string of the molecule is Cc1ccc(Oc2ncnc(N3CCCCC3C)c2[N+](=O)[O-])cc1. The van der Waals surface area contributed by atoms with Gasteiger partial charge in [0.15, 0.2) is 0 Å². The Hall–Kier alpha value is -2.70. The van der Waals surface area contributed by atoms with Crippen molar-refractivity contribution in [1.29, 1.82) is 0 Å². The zero-order chi connectivity index (χ0) is 17.1. The Kier molecular flexibility index (Phi) is 4.59. The molecule has 0 saturated carbocycles. The molecule has 1 fully saturated rings. The molecular weight excluding hydrogens is 308 g/mol. The van der Waals surface area contributed by atoms with E-state index in [0.717, 1.165) is 31.4 Å². The molecule has 2 aromatic rings. The molecule has 1 unspecified atom stereocenters. The summed E-state index contributed by atoms with van der Waals surface area (Å²) < 4.78 is 5.67. The Morgan fingerprint density at radius 2 is 2.00 bits per heavy atom. The Labute approximate surface area is 140 Å². The number of rotatable bonds is 4. The molecule has 3 rings (SSSR count). The van der Waals surface area contributed by atoms with Crippen molar-refractivity contribution in [2.45, 2.75) is 39.2 Å². The lowest BCUT2D eigenvalue weighted by atomic mass is 10.0. The first-order chi connectivity index (χ1) is 11.6. The van der Waals surface area contributed by atoms with Crippen molar-refractivity contribution in [2.75, 3.05) is 11.4 Å². The molecule has 0 radical (unpaired) electrons. The molecule has 7 heteroatoms. The third-order valence-electron chi connectivity index (χ3n) is 4.26. The molecule has 1 aromatic heterocycles. The van der Waals surface area contributed by atoms with Crippen molar-refractivity contribution in [2.24, 2.45) is 0 Å². The van der Waals surface area contributed by atoms with Gasteiger partial charge in [-0.1, -0.05) is 17.7 Å². The molecule has 2 heterocycles. The van der Waals surface area contributed by atoms with Crippen LogP contribution in [0.4, 0.5) is 11.5 Å². The number of nitrogens with zero attached hydrogens (tertiary/aromatic N) is 4. The van der Waals surface area contributed by atoms with Gasteiger partial charge in [0.1, 0.15) is 12.1 Å². The first kappa shape index (κ1) is 16.2. The number of nitro groups is 1. The van der Waals surface area contributed by atoms with Crippen molar-refractivity contribution >= 4 is 11.5 Å². The third kappa shape index (κ3) is 3.29. The molecular formula is C17H20N4O3. The van der Waals surface area contributed by atoms with Gasteiger partial charge in [-0.15, -0.1) is 0 Å². The lowest BCUT2D eigenvalue weighted by Crippen LogP contribution is -2.38. The summed E-state index contributed by atoms with van der Waals surface area (Å²) in [5.41, 5.74) is 0.911. The van der Waals surface area contributed by atoms with Crippen LogP contribution in [0.25, 0.3) is 0 Å². The molecule has 1 saturated heterocycles. The highest BCUT2D eigenvalue weighted by atomic mass is 16.6. The van der Waals surface area contributed by atoms with E-state index in [1.165, 1.54) is 6.33 Å². The maximum Gasteiger partial charge on any atom is 0.373 e. The molecule has 1 aliphatic rings. The minimum atomic E-state index is -0.458. The van der Waals surface area contributed by atoms with Gasteiger partial charge in [0.2, 0.25) is 5.82 Å². The summed E-state index contributed by atoms with van der Waals surface area (Å²) in [6.45, 7) is 4.78. The van der Waals surface area contributed by atoms with Crippen LogP contribution < -0.4 is 9.64 Å². The number of hydrogen-bond donors (Lipinski definition) is 0. The van der Waals surface area contributed by atoms with Gasteiger partial charge in [0.05, 0.1) is 4.92 Å². The summed E-state index contributed by atoms with van der Waals surface area (Å²) in [7, 11) is 0. The quantitative estimate of drug-likeness (QED) is 0.626. The van der Waals surface area contributed by atoms with Crippen molar-refractivity contribution in [3.63, 3.8) is 0 Å². The maximum atomic E-state index is 11.7. The highest BCUT2D eigenvalue weighted by molar-refractivity contribution is 5.64. The van der Waals surface area contributed by atoms with E-state index in [2.05, 4.69) is 16.9 Å². The van der Waals surface area contributed by atoms with Gasteiger partial charge >= 0.3 is 11.6 Å². The fourth-order valence-electron chi connectivity index (χ4n) is 2.93. The van der Waals surface area contributed by atoms with Gasteiger partial charge in [0.25, 0.3) is 0 Å². The molecule has 1 aliphatic heterocycles. The normalized spacial score (nSPS) is 17.6. The van der Waals surface area contributed by atoms with Gasteiger partial charge in [-0.2, -0.15) is 4.98 Å². The Balaban J connectivity index is 1.98. The van der Waals surface area contributed by atoms with Crippen LogP contribution >= 0.6 is 0 Å². The molecule has 24 heavy (non-hydrogen) atoms. The Morgan fingerprint density at radius 3 is 2.67 bits per heavy atom. The van der Waals surface area contributed by atoms with Crippen LogP contribution in [-0.4, -0.2) is 27.5 Å². The Bertz CT molecular complexity index is 733. The molecule has 1 aromatic carbocycles. The molecule has 0 amide bonds. The number of aromatic nitrogens is 2. The number of piperidine rings is 1. The summed E-state index contributed by atoms with van der Waals surface area (Å²) in [6, 6.07) is 7.51. The van der Waals surface area contributed by atoms with Gasteiger partial charge in [-0.25, -0.2) is 4.98 Å². The number of hydrogen-bond acceptors (Lipinski definition) is 6. The molecule has 126 valence electrons. The second-order valence-electron chi connectivity index (χ2n) is 6.06. The summed E-state index contributed by atoms with van der Waals surface area (Å²) >= 11 is 0. The number of anilines is 1. The predicted molar refractivity (Wildman–Crippen MR) is 90.6 cm³/mol. The van der Waals surface area contributed by atoms with E-state index in [1.54, 1.807) is 12.1 Å². The molecule has 0 spiro atoms. The number of benzene rings is 1. The lowest BCUT2D eigenvalue weighted by molar-refractivity contribution is -0.385. The van der Waals surface area contributed by atoms with Crippen LogP contribution in [0.1, 0.15) is 31.7 Å². The van der Waals surface area contributed by atoms with E-state index in [1.807, 2.05) is 24.0 Å². The molecule has 0 aliphatic carbocycles. The fraction of sp³-hybridized carbons (Fsp3) is 0.412. The highest BCUT2D eigenvalue weighted by Gasteiger charge is 2.31. The maximum absolute atomic E-state index is 11.7. The second kappa shape index (κ2) is 6.82. The first-order valence-corrected chi connectivity index (χ1v) is 8.07. The average Bonchev–Trinajstić information content (AvgIpc) is 2.57. The van der Waals surface area contributed by atoms with Crippen molar-refractivity contribution < 1.29 is 9.66 Å². The van der Waals surface area contributed by atoms with Crippen LogP contribution in [0.2, 0.25) is 0 Å². The fourth-order valence-corrected chi connectivity index (χ4v) is 2.93. The minimum absolute atomic E-state index is 0.0216. The summed E-state index contributed by atoms with van der Waals surface area (Å²) in [5, 5.41) is 11.7. The zero-order valence-corrected chi connectivity index (χ0v) is 13.8. The van der Waals surface area contributed by atoms with Crippen LogP contribution in [0, 0.1) is 17.0 Å². The summed E-state index contributed by atoms with van der Waals surface area (Å²) in [5.74, 6) is 0.830. The molecule has 1 atom stereocenters. The van der Waals surface area contributed by atoms with Crippen LogP contribution in [0.5, 0.6) is 11.6 Å². The smallest absolute Gasteiger partial charge is 0.373 e. The summed E-state index contributed by atoms with van der Waals surface area (Å²) in [6.07, 6.45) is 4.45. The monoisotopic (exact) mass is 328 g/mol. The number of ether oxygens (including phenoxy) is 1. The van der Waals surface area contributed by atoms with E-state index >= 15 is 0 Å². The van der Waals surface area contributed by atoms with E-state index in [-0.39, 0.29) is 17.6 Å².